The zero-order valence-corrected chi connectivity index (χ0v) is 12.1. The highest BCUT2D eigenvalue weighted by Crippen LogP contribution is 2.36. The van der Waals surface area contributed by atoms with Gasteiger partial charge in [-0.2, -0.15) is 0 Å². The summed E-state index contributed by atoms with van der Waals surface area (Å²) < 4.78 is 5.21. The van der Waals surface area contributed by atoms with Gasteiger partial charge in [-0.3, -0.25) is 0 Å². The molecule has 3 rings (SSSR count). The normalized spacial score (nSPS) is 14.3. The van der Waals surface area contributed by atoms with E-state index in [9.17, 15) is 9.90 Å². The molecule has 1 saturated carbocycles. The molecule has 0 bridgehead atoms. The van der Waals surface area contributed by atoms with Crippen LogP contribution < -0.4 is 4.90 Å². The molecule has 0 atom stereocenters. The van der Waals surface area contributed by atoms with E-state index < -0.39 is 5.97 Å². The molecular weight excluding hydrogens is 266 g/mol. The van der Waals surface area contributed by atoms with Crippen LogP contribution in [0, 0.1) is 0 Å². The molecule has 21 heavy (non-hydrogen) atoms. The minimum atomic E-state index is -0.882. The Morgan fingerprint density at radius 1 is 1.24 bits per heavy atom. The number of methoxy groups -OCH3 is 1. The van der Waals surface area contributed by atoms with Crippen molar-refractivity contribution in [2.75, 3.05) is 25.2 Å². The van der Waals surface area contributed by atoms with Crippen molar-refractivity contribution in [1.82, 2.24) is 0 Å². The van der Waals surface area contributed by atoms with Gasteiger partial charge in [0.25, 0.3) is 0 Å². The van der Waals surface area contributed by atoms with E-state index in [-0.39, 0.29) is 0 Å². The highest BCUT2D eigenvalue weighted by Gasteiger charge is 2.30. The fourth-order valence-corrected chi connectivity index (χ4v) is 2.80. The van der Waals surface area contributed by atoms with Gasteiger partial charge in [0, 0.05) is 30.8 Å². The molecule has 110 valence electrons. The number of hydrogen-bond donors (Lipinski definition) is 1. The number of nitrogens with zero attached hydrogens (tertiary/aromatic N) is 1. The molecule has 0 unspecified atom stereocenters. The van der Waals surface area contributed by atoms with Crippen LogP contribution in [0.3, 0.4) is 0 Å². The zero-order chi connectivity index (χ0) is 14.8. The van der Waals surface area contributed by atoms with Crippen molar-refractivity contribution in [2.24, 2.45) is 0 Å². The lowest BCUT2D eigenvalue weighted by Crippen LogP contribution is -2.29. The summed E-state index contributed by atoms with van der Waals surface area (Å²) in [4.78, 5) is 13.7. The molecule has 1 N–H and O–H groups in total. The number of rotatable bonds is 6. The van der Waals surface area contributed by atoms with Crippen LogP contribution >= 0.6 is 0 Å². The minimum Gasteiger partial charge on any atom is -0.478 e. The molecule has 0 amide bonds. The summed E-state index contributed by atoms with van der Waals surface area (Å²) in [6.45, 7) is 1.50. The zero-order valence-electron chi connectivity index (χ0n) is 12.1. The van der Waals surface area contributed by atoms with Gasteiger partial charge in [0.15, 0.2) is 0 Å². The van der Waals surface area contributed by atoms with Crippen molar-refractivity contribution in [3.8, 4) is 0 Å². The molecule has 1 fully saturated rings. The molecule has 0 saturated heterocycles. The summed E-state index contributed by atoms with van der Waals surface area (Å²) in [7, 11) is 1.71. The second kappa shape index (κ2) is 5.74. The first-order valence-electron chi connectivity index (χ1n) is 7.23. The maximum atomic E-state index is 11.4. The lowest BCUT2D eigenvalue weighted by molar-refractivity contribution is 0.0699. The molecule has 0 radical (unpaired) electrons. The Morgan fingerprint density at radius 3 is 2.57 bits per heavy atom. The van der Waals surface area contributed by atoms with Crippen LogP contribution in [0.2, 0.25) is 0 Å². The van der Waals surface area contributed by atoms with Crippen molar-refractivity contribution in [2.45, 2.75) is 18.9 Å². The maximum absolute atomic E-state index is 11.4. The SMILES string of the molecule is COCCN(c1ccc(C(=O)O)c2ccccc12)C1CC1. The van der Waals surface area contributed by atoms with E-state index >= 15 is 0 Å². The van der Waals surface area contributed by atoms with E-state index in [4.69, 9.17) is 4.74 Å². The molecule has 2 aromatic carbocycles. The van der Waals surface area contributed by atoms with Crippen LogP contribution in [0.5, 0.6) is 0 Å². The fraction of sp³-hybridized carbons (Fsp3) is 0.353. The average Bonchev–Trinajstić information content (AvgIpc) is 3.32. The number of fused-ring (bicyclic) bond motifs is 1. The Balaban J connectivity index is 2.09. The summed E-state index contributed by atoms with van der Waals surface area (Å²) in [6, 6.07) is 11.9. The number of anilines is 1. The van der Waals surface area contributed by atoms with Gasteiger partial charge in [-0.25, -0.2) is 4.79 Å². The Kier molecular flexibility index (Phi) is 3.80. The van der Waals surface area contributed by atoms with Gasteiger partial charge in [0.05, 0.1) is 12.2 Å². The van der Waals surface area contributed by atoms with Crippen LogP contribution in [-0.2, 0) is 4.74 Å². The van der Waals surface area contributed by atoms with Crippen molar-refractivity contribution in [3.05, 3.63) is 42.0 Å². The monoisotopic (exact) mass is 285 g/mol. The van der Waals surface area contributed by atoms with Gasteiger partial charge < -0.3 is 14.7 Å². The minimum absolute atomic E-state index is 0.358. The number of aromatic carboxylic acids is 1. The van der Waals surface area contributed by atoms with E-state index in [0.717, 1.165) is 23.0 Å². The first kappa shape index (κ1) is 13.9. The van der Waals surface area contributed by atoms with E-state index in [1.807, 2.05) is 30.3 Å². The Labute approximate surface area is 123 Å². The number of carboxylic acid groups (broad SMARTS) is 1. The van der Waals surface area contributed by atoms with Crippen molar-refractivity contribution in [1.29, 1.82) is 0 Å². The van der Waals surface area contributed by atoms with Gasteiger partial charge >= 0.3 is 5.97 Å². The summed E-state index contributed by atoms with van der Waals surface area (Å²) in [5, 5.41) is 11.1. The molecule has 0 aliphatic heterocycles. The third-order valence-corrected chi connectivity index (χ3v) is 3.96. The van der Waals surface area contributed by atoms with Gasteiger partial charge in [0.2, 0.25) is 0 Å². The van der Waals surface area contributed by atoms with Crippen molar-refractivity contribution < 1.29 is 14.6 Å². The number of hydrogen-bond acceptors (Lipinski definition) is 3. The molecule has 1 aliphatic carbocycles. The highest BCUT2D eigenvalue weighted by atomic mass is 16.5. The van der Waals surface area contributed by atoms with Crippen molar-refractivity contribution in [3.63, 3.8) is 0 Å². The third-order valence-electron chi connectivity index (χ3n) is 3.96. The molecule has 2 aromatic rings. The molecular formula is C17H19NO3. The van der Waals surface area contributed by atoms with Crippen LogP contribution in [0.15, 0.2) is 36.4 Å². The Bertz CT molecular complexity index is 664. The van der Waals surface area contributed by atoms with Gasteiger partial charge in [-0.15, -0.1) is 0 Å². The molecule has 4 heteroatoms. The summed E-state index contributed by atoms with van der Waals surface area (Å²) in [6.07, 6.45) is 2.39. The summed E-state index contributed by atoms with van der Waals surface area (Å²) >= 11 is 0. The van der Waals surface area contributed by atoms with E-state index in [1.165, 1.54) is 12.8 Å². The lowest BCUT2D eigenvalue weighted by Gasteiger charge is -2.26. The van der Waals surface area contributed by atoms with Crippen LogP contribution in [-0.4, -0.2) is 37.4 Å². The first-order chi connectivity index (χ1) is 10.2. The quantitative estimate of drug-likeness (QED) is 0.885. The predicted molar refractivity (Wildman–Crippen MR) is 83.2 cm³/mol. The number of benzene rings is 2. The van der Waals surface area contributed by atoms with E-state index in [1.54, 1.807) is 13.2 Å². The smallest absolute Gasteiger partial charge is 0.336 e. The van der Waals surface area contributed by atoms with Gasteiger partial charge in [-0.05, 0) is 30.4 Å². The summed E-state index contributed by atoms with van der Waals surface area (Å²) in [5.41, 5.74) is 1.46. The van der Waals surface area contributed by atoms with E-state index in [0.29, 0.717) is 18.2 Å². The fourth-order valence-electron chi connectivity index (χ4n) is 2.80. The molecule has 0 heterocycles. The van der Waals surface area contributed by atoms with E-state index in [2.05, 4.69) is 4.90 Å². The molecule has 0 aromatic heterocycles. The topological polar surface area (TPSA) is 49.8 Å². The largest absolute Gasteiger partial charge is 0.478 e. The molecule has 1 aliphatic rings. The number of carbonyl (C=O) groups is 1. The first-order valence-corrected chi connectivity index (χ1v) is 7.23. The lowest BCUT2D eigenvalue weighted by atomic mass is 10.0. The third kappa shape index (κ3) is 2.72. The molecule has 4 nitrogen and oxygen atoms in total. The van der Waals surface area contributed by atoms with Gasteiger partial charge in [0.1, 0.15) is 0 Å². The van der Waals surface area contributed by atoms with Crippen LogP contribution in [0.25, 0.3) is 10.8 Å². The van der Waals surface area contributed by atoms with Crippen LogP contribution in [0.4, 0.5) is 5.69 Å². The van der Waals surface area contributed by atoms with Gasteiger partial charge in [-0.1, -0.05) is 24.3 Å². The Morgan fingerprint density at radius 2 is 1.95 bits per heavy atom. The number of carboxylic acids is 1. The number of ether oxygens (including phenoxy) is 1. The van der Waals surface area contributed by atoms with Crippen molar-refractivity contribution >= 4 is 22.4 Å². The predicted octanol–water partition coefficient (Wildman–Crippen LogP) is 3.15. The standard InChI is InChI=1S/C17H19NO3/c1-21-11-10-18(12-6-7-12)16-9-8-15(17(19)20)13-4-2-3-5-14(13)16/h2-5,8-9,12H,6-7,10-11H2,1H3,(H,19,20). The highest BCUT2D eigenvalue weighted by molar-refractivity contribution is 6.08. The summed E-state index contributed by atoms with van der Waals surface area (Å²) in [5.74, 6) is -0.882. The average molecular weight is 285 g/mol. The van der Waals surface area contributed by atoms with Crippen LogP contribution in [0.1, 0.15) is 23.2 Å². The molecule has 0 spiro atoms. The maximum Gasteiger partial charge on any atom is 0.336 e. The second-order valence-electron chi connectivity index (χ2n) is 5.40. The Hall–Kier alpha value is -2.07. The second-order valence-corrected chi connectivity index (χ2v) is 5.40.